The summed E-state index contributed by atoms with van der Waals surface area (Å²) in [6, 6.07) is 0. The number of anilines is 1. The van der Waals surface area contributed by atoms with Crippen molar-refractivity contribution in [3.05, 3.63) is 12.0 Å². The Kier molecular flexibility index (Phi) is 4.17. The number of ether oxygens (including phenoxy) is 1. The molecule has 2 aliphatic rings. The zero-order valence-corrected chi connectivity index (χ0v) is 13.8. The van der Waals surface area contributed by atoms with Crippen LogP contribution in [-0.2, 0) is 11.3 Å². The molecule has 3 heterocycles. The van der Waals surface area contributed by atoms with Crippen molar-refractivity contribution in [2.45, 2.75) is 32.9 Å². The molecule has 0 radical (unpaired) electrons. The first-order chi connectivity index (χ1) is 10.8. The lowest BCUT2D eigenvalue weighted by Gasteiger charge is -2.44. The highest BCUT2D eigenvalue weighted by Crippen LogP contribution is 2.25. The fraction of sp³-hybridized carbons (Fsp3) is 0.714. The average molecular weight is 324 g/mol. The van der Waals surface area contributed by atoms with Gasteiger partial charge >= 0.3 is 6.09 Å². The average Bonchev–Trinajstić information content (AvgIpc) is 2.93. The Balaban J connectivity index is 1.61. The molecule has 23 heavy (non-hydrogen) atoms. The smallest absolute Gasteiger partial charge is 0.410 e. The lowest BCUT2D eigenvalue weighted by molar-refractivity contribution is -0.115. The van der Waals surface area contributed by atoms with Crippen LogP contribution < -0.4 is 5.01 Å². The Hall–Kier alpha value is -1.84. The number of hydrazine groups is 1. The van der Waals surface area contributed by atoms with Gasteiger partial charge in [0.15, 0.2) is 5.82 Å². The SMILES string of the molecule is CC(C)(C)OC(=O)N1CCN(N2CN(O)Cc3[nH]cnc32)CC1. The van der Waals surface area contributed by atoms with Gasteiger partial charge in [-0.25, -0.2) is 14.8 Å². The summed E-state index contributed by atoms with van der Waals surface area (Å²) in [4.78, 5) is 21.2. The van der Waals surface area contributed by atoms with Crippen LogP contribution in [0.1, 0.15) is 26.5 Å². The molecular formula is C14H24N6O3. The van der Waals surface area contributed by atoms with Gasteiger partial charge in [-0.05, 0) is 20.8 Å². The Morgan fingerprint density at radius 2 is 2.00 bits per heavy atom. The molecule has 0 atom stereocenters. The van der Waals surface area contributed by atoms with Gasteiger partial charge in [0.1, 0.15) is 12.3 Å². The highest BCUT2D eigenvalue weighted by Gasteiger charge is 2.32. The molecule has 0 aromatic carbocycles. The molecule has 0 aliphatic carbocycles. The number of carbonyl (C=O) groups is 1. The van der Waals surface area contributed by atoms with Crippen LogP contribution in [-0.4, -0.2) is 74.7 Å². The number of hydroxylamine groups is 2. The van der Waals surface area contributed by atoms with Crippen molar-refractivity contribution in [2.75, 3.05) is 37.9 Å². The molecule has 1 aromatic rings. The van der Waals surface area contributed by atoms with Gasteiger partial charge in [-0.15, -0.1) is 0 Å². The maximum Gasteiger partial charge on any atom is 0.410 e. The molecule has 0 saturated carbocycles. The van der Waals surface area contributed by atoms with Crippen molar-refractivity contribution in [1.82, 2.24) is 24.9 Å². The molecule has 9 heteroatoms. The van der Waals surface area contributed by atoms with Gasteiger partial charge in [-0.1, -0.05) is 0 Å². The van der Waals surface area contributed by atoms with Crippen molar-refractivity contribution in [2.24, 2.45) is 0 Å². The van der Waals surface area contributed by atoms with Gasteiger partial charge in [-0.3, -0.25) is 5.01 Å². The maximum atomic E-state index is 12.1. The minimum absolute atomic E-state index is 0.278. The van der Waals surface area contributed by atoms with Crippen LogP contribution in [0, 0.1) is 0 Å². The molecule has 1 aromatic heterocycles. The van der Waals surface area contributed by atoms with E-state index in [0.717, 1.165) is 11.5 Å². The summed E-state index contributed by atoms with van der Waals surface area (Å²) in [6.07, 6.45) is 1.35. The fourth-order valence-electron chi connectivity index (χ4n) is 2.78. The summed E-state index contributed by atoms with van der Waals surface area (Å²) in [7, 11) is 0. The summed E-state index contributed by atoms with van der Waals surface area (Å²) in [5, 5.41) is 15.2. The monoisotopic (exact) mass is 324 g/mol. The first kappa shape index (κ1) is 16.0. The van der Waals surface area contributed by atoms with Crippen LogP contribution in [0.5, 0.6) is 0 Å². The largest absolute Gasteiger partial charge is 0.444 e. The molecular weight excluding hydrogens is 300 g/mol. The lowest BCUT2D eigenvalue weighted by Crippen LogP contribution is -2.58. The summed E-state index contributed by atoms with van der Waals surface area (Å²) in [5.74, 6) is 0.834. The fourth-order valence-corrected chi connectivity index (χ4v) is 2.78. The summed E-state index contributed by atoms with van der Waals surface area (Å²) in [5.41, 5.74) is 0.399. The second kappa shape index (κ2) is 5.99. The van der Waals surface area contributed by atoms with Crippen LogP contribution in [0.2, 0.25) is 0 Å². The van der Waals surface area contributed by atoms with Crippen LogP contribution in [0.4, 0.5) is 10.6 Å². The molecule has 2 aliphatic heterocycles. The van der Waals surface area contributed by atoms with Gasteiger partial charge in [0, 0.05) is 26.2 Å². The van der Waals surface area contributed by atoms with E-state index in [1.165, 1.54) is 5.06 Å². The Morgan fingerprint density at radius 1 is 1.30 bits per heavy atom. The quantitative estimate of drug-likeness (QED) is 0.791. The topological polar surface area (TPSA) is 88.2 Å². The van der Waals surface area contributed by atoms with Gasteiger partial charge in [0.25, 0.3) is 0 Å². The van der Waals surface area contributed by atoms with E-state index in [2.05, 4.69) is 15.0 Å². The predicted molar refractivity (Wildman–Crippen MR) is 82.6 cm³/mol. The first-order valence-electron chi connectivity index (χ1n) is 7.80. The molecule has 1 saturated heterocycles. The van der Waals surface area contributed by atoms with Gasteiger partial charge in [0.2, 0.25) is 0 Å². The van der Waals surface area contributed by atoms with E-state index < -0.39 is 5.60 Å². The molecule has 1 fully saturated rings. The number of aromatic nitrogens is 2. The zero-order valence-electron chi connectivity index (χ0n) is 13.8. The molecule has 9 nitrogen and oxygen atoms in total. The van der Waals surface area contributed by atoms with E-state index in [9.17, 15) is 10.0 Å². The van der Waals surface area contributed by atoms with E-state index in [1.807, 2.05) is 25.8 Å². The van der Waals surface area contributed by atoms with Gasteiger partial charge in [0.05, 0.1) is 18.6 Å². The van der Waals surface area contributed by atoms with Crippen molar-refractivity contribution < 1.29 is 14.7 Å². The van der Waals surface area contributed by atoms with Crippen molar-refractivity contribution >= 4 is 11.9 Å². The summed E-state index contributed by atoms with van der Waals surface area (Å²) >= 11 is 0. The van der Waals surface area contributed by atoms with Crippen molar-refractivity contribution in [3.8, 4) is 0 Å². The number of fused-ring (bicyclic) bond motifs is 1. The Labute approximate surface area is 135 Å². The number of amides is 1. The number of carbonyl (C=O) groups excluding carboxylic acids is 1. The number of aromatic amines is 1. The standard InChI is InChI=1S/C14H24N6O3/c1-14(2,3)23-13(21)17-4-6-18(7-5-17)20-10-19(22)8-11-12(20)16-9-15-11/h9,22H,4-8,10H2,1-3H3,(H,15,16). The lowest BCUT2D eigenvalue weighted by atomic mass is 10.2. The van der Waals surface area contributed by atoms with Crippen LogP contribution in [0.3, 0.4) is 0 Å². The van der Waals surface area contributed by atoms with E-state index in [-0.39, 0.29) is 6.09 Å². The van der Waals surface area contributed by atoms with E-state index in [1.54, 1.807) is 11.2 Å². The Morgan fingerprint density at radius 3 is 2.65 bits per heavy atom. The molecule has 1 amide bonds. The molecule has 0 bridgehead atoms. The van der Waals surface area contributed by atoms with Crippen LogP contribution in [0.15, 0.2) is 6.33 Å². The number of nitrogens with one attached hydrogen (secondary N) is 1. The number of H-pyrrole nitrogens is 1. The van der Waals surface area contributed by atoms with Crippen LogP contribution >= 0.6 is 0 Å². The first-order valence-corrected chi connectivity index (χ1v) is 7.80. The third-order valence-corrected chi connectivity index (χ3v) is 3.83. The molecule has 0 spiro atoms. The highest BCUT2D eigenvalue weighted by atomic mass is 16.6. The molecule has 0 unspecified atom stereocenters. The Bertz CT molecular complexity index is 561. The maximum absolute atomic E-state index is 12.1. The van der Waals surface area contributed by atoms with E-state index >= 15 is 0 Å². The van der Waals surface area contributed by atoms with Gasteiger partial charge < -0.3 is 19.8 Å². The van der Waals surface area contributed by atoms with Crippen molar-refractivity contribution in [1.29, 1.82) is 0 Å². The summed E-state index contributed by atoms with van der Waals surface area (Å²) < 4.78 is 5.41. The van der Waals surface area contributed by atoms with Gasteiger partial charge in [-0.2, -0.15) is 5.06 Å². The second-order valence-electron chi connectivity index (χ2n) is 6.83. The van der Waals surface area contributed by atoms with Crippen molar-refractivity contribution in [3.63, 3.8) is 0 Å². The van der Waals surface area contributed by atoms with E-state index in [0.29, 0.717) is 39.4 Å². The number of rotatable bonds is 1. The minimum atomic E-state index is -0.484. The third-order valence-electron chi connectivity index (χ3n) is 3.83. The molecule has 128 valence electrons. The van der Waals surface area contributed by atoms with Crippen LogP contribution in [0.25, 0.3) is 0 Å². The number of piperazine rings is 1. The number of nitrogens with zero attached hydrogens (tertiary/aromatic N) is 5. The normalized spacial score (nSPS) is 20.5. The number of hydrogen-bond acceptors (Lipinski definition) is 7. The second-order valence-corrected chi connectivity index (χ2v) is 6.83. The zero-order chi connectivity index (χ0) is 16.6. The van der Waals surface area contributed by atoms with E-state index in [4.69, 9.17) is 4.74 Å². The minimum Gasteiger partial charge on any atom is -0.444 e. The third kappa shape index (κ3) is 3.57. The summed E-state index contributed by atoms with van der Waals surface area (Å²) in [6.45, 7) is 8.89. The predicted octanol–water partition coefficient (Wildman–Crippen LogP) is 0.846. The molecule has 3 rings (SSSR count). The molecule has 2 N–H and O–H groups in total. The number of imidazole rings is 1. The number of hydrogen-bond donors (Lipinski definition) is 2. The highest BCUT2D eigenvalue weighted by molar-refractivity contribution is 5.68.